The van der Waals surface area contributed by atoms with Gasteiger partial charge in [0.25, 0.3) is 0 Å². The van der Waals surface area contributed by atoms with Crippen LogP contribution in [0.4, 0.5) is 5.82 Å². The highest BCUT2D eigenvalue weighted by Crippen LogP contribution is 2.26. The van der Waals surface area contributed by atoms with Gasteiger partial charge >= 0.3 is 0 Å². The molecular weight excluding hydrogens is 331 g/mol. The fourth-order valence-corrected chi connectivity index (χ4v) is 2.21. The number of nitrogens with one attached hydrogen (secondary N) is 1. The van der Waals surface area contributed by atoms with E-state index in [4.69, 9.17) is 34.8 Å². The summed E-state index contributed by atoms with van der Waals surface area (Å²) in [7, 11) is 0. The standard InChI is InChI=1S/C14H9Cl3N4/c15-8-1-2-9(18-5-8)6-20-14-7-19-12-3-10(16)11(17)4-13(12)21-14/h1-5,7H,6H2,(H,20,21). The van der Waals surface area contributed by atoms with Crippen LogP contribution in [-0.4, -0.2) is 15.0 Å². The van der Waals surface area contributed by atoms with Crippen molar-refractivity contribution >= 4 is 51.7 Å². The molecule has 0 aliphatic rings. The first-order chi connectivity index (χ1) is 10.1. The number of nitrogens with zero attached hydrogens (tertiary/aromatic N) is 3. The summed E-state index contributed by atoms with van der Waals surface area (Å²) in [6, 6.07) is 7.02. The molecule has 2 aromatic heterocycles. The zero-order valence-corrected chi connectivity index (χ0v) is 12.9. The molecule has 0 saturated carbocycles. The molecule has 1 N–H and O–H groups in total. The Morgan fingerprint density at radius 3 is 2.38 bits per heavy atom. The van der Waals surface area contributed by atoms with E-state index in [-0.39, 0.29) is 0 Å². The number of hydrogen-bond donors (Lipinski definition) is 1. The van der Waals surface area contributed by atoms with Gasteiger partial charge in [-0.05, 0) is 24.3 Å². The zero-order chi connectivity index (χ0) is 14.8. The third-order valence-electron chi connectivity index (χ3n) is 2.82. The fraction of sp³-hybridized carbons (Fsp3) is 0.0714. The van der Waals surface area contributed by atoms with Gasteiger partial charge in [0, 0.05) is 6.20 Å². The third kappa shape index (κ3) is 3.35. The number of aromatic nitrogens is 3. The second kappa shape index (κ2) is 6.02. The average molecular weight is 340 g/mol. The fourth-order valence-electron chi connectivity index (χ4n) is 1.79. The van der Waals surface area contributed by atoms with Crippen LogP contribution in [0.1, 0.15) is 5.69 Å². The first kappa shape index (κ1) is 14.3. The van der Waals surface area contributed by atoms with Crippen LogP contribution in [0.25, 0.3) is 11.0 Å². The maximum absolute atomic E-state index is 5.99. The van der Waals surface area contributed by atoms with Crippen molar-refractivity contribution in [3.63, 3.8) is 0 Å². The Bertz CT molecular complexity index is 790. The summed E-state index contributed by atoms with van der Waals surface area (Å²) in [5.41, 5.74) is 2.23. The number of anilines is 1. The Labute approximate surface area is 136 Å². The monoisotopic (exact) mass is 338 g/mol. The zero-order valence-electron chi connectivity index (χ0n) is 10.6. The van der Waals surface area contributed by atoms with Crippen molar-refractivity contribution in [2.75, 3.05) is 5.32 Å². The molecule has 0 bridgehead atoms. The van der Waals surface area contributed by atoms with Crippen molar-refractivity contribution in [2.45, 2.75) is 6.54 Å². The molecule has 7 heteroatoms. The first-order valence-electron chi connectivity index (χ1n) is 6.08. The van der Waals surface area contributed by atoms with Crippen molar-refractivity contribution in [2.24, 2.45) is 0 Å². The second-order valence-corrected chi connectivity index (χ2v) is 5.58. The average Bonchev–Trinajstić information content (AvgIpc) is 2.48. The number of hydrogen-bond acceptors (Lipinski definition) is 4. The predicted octanol–water partition coefficient (Wildman–Crippen LogP) is 4.60. The molecule has 106 valence electrons. The van der Waals surface area contributed by atoms with E-state index in [9.17, 15) is 0 Å². The highest BCUT2D eigenvalue weighted by Gasteiger charge is 2.05. The lowest BCUT2D eigenvalue weighted by Crippen LogP contribution is -2.03. The highest BCUT2D eigenvalue weighted by atomic mass is 35.5. The van der Waals surface area contributed by atoms with Gasteiger partial charge in [-0.25, -0.2) is 4.98 Å². The lowest BCUT2D eigenvalue weighted by atomic mass is 10.3. The molecule has 0 radical (unpaired) electrons. The van der Waals surface area contributed by atoms with Gasteiger partial charge in [0.1, 0.15) is 5.82 Å². The van der Waals surface area contributed by atoms with E-state index in [1.807, 2.05) is 6.07 Å². The minimum absolute atomic E-state index is 0.454. The van der Waals surface area contributed by atoms with Gasteiger partial charge in [-0.15, -0.1) is 0 Å². The van der Waals surface area contributed by atoms with E-state index >= 15 is 0 Å². The second-order valence-electron chi connectivity index (χ2n) is 4.33. The normalized spacial score (nSPS) is 10.8. The van der Waals surface area contributed by atoms with Crippen LogP contribution in [0.2, 0.25) is 15.1 Å². The Morgan fingerprint density at radius 2 is 1.67 bits per heavy atom. The summed E-state index contributed by atoms with van der Waals surface area (Å²) in [6.45, 7) is 0.526. The Kier molecular flexibility index (Phi) is 4.10. The summed E-state index contributed by atoms with van der Waals surface area (Å²) >= 11 is 17.7. The summed E-state index contributed by atoms with van der Waals surface area (Å²) < 4.78 is 0. The van der Waals surface area contributed by atoms with Gasteiger partial charge in [0.05, 0.1) is 44.5 Å². The van der Waals surface area contributed by atoms with Crippen LogP contribution >= 0.6 is 34.8 Å². The number of pyridine rings is 1. The highest BCUT2D eigenvalue weighted by molar-refractivity contribution is 6.42. The van der Waals surface area contributed by atoms with E-state index in [1.54, 1.807) is 30.6 Å². The molecule has 3 aromatic rings. The van der Waals surface area contributed by atoms with Gasteiger partial charge in [0.15, 0.2) is 0 Å². The summed E-state index contributed by atoms with van der Waals surface area (Å²) in [4.78, 5) is 12.9. The molecule has 0 spiro atoms. The van der Waals surface area contributed by atoms with Crippen LogP contribution < -0.4 is 5.32 Å². The molecule has 1 aromatic carbocycles. The van der Waals surface area contributed by atoms with Gasteiger partial charge < -0.3 is 5.32 Å². The van der Waals surface area contributed by atoms with Crippen molar-refractivity contribution < 1.29 is 0 Å². The molecule has 3 rings (SSSR count). The Hall–Kier alpha value is -1.62. The molecule has 0 unspecified atom stereocenters. The maximum atomic E-state index is 5.99. The number of halogens is 3. The molecule has 0 aliphatic heterocycles. The van der Waals surface area contributed by atoms with Crippen molar-refractivity contribution in [1.82, 2.24) is 15.0 Å². The van der Waals surface area contributed by atoms with Crippen LogP contribution in [-0.2, 0) is 6.54 Å². The van der Waals surface area contributed by atoms with Gasteiger partial charge in [-0.1, -0.05) is 34.8 Å². The topological polar surface area (TPSA) is 50.7 Å². The largest absolute Gasteiger partial charge is 0.363 e. The van der Waals surface area contributed by atoms with Gasteiger partial charge in [-0.3, -0.25) is 9.97 Å². The van der Waals surface area contributed by atoms with E-state index in [0.717, 1.165) is 5.69 Å². The molecule has 0 amide bonds. The molecule has 21 heavy (non-hydrogen) atoms. The summed E-state index contributed by atoms with van der Waals surface area (Å²) in [5.74, 6) is 0.637. The molecular formula is C14H9Cl3N4. The van der Waals surface area contributed by atoms with E-state index in [2.05, 4.69) is 20.3 Å². The van der Waals surface area contributed by atoms with Crippen LogP contribution in [0.15, 0.2) is 36.7 Å². The van der Waals surface area contributed by atoms with Crippen LogP contribution in [0, 0.1) is 0 Å². The first-order valence-corrected chi connectivity index (χ1v) is 7.21. The van der Waals surface area contributed by atoms with Crippen molar-refractivity contribution in [1.29, 1.82) is 0 Å². The number of fused-ring (bicyclic) bond motifs is 1. The molecule has 0 saturated heterocycles. The SMILES string of the molecule is Clc1ccc(CNc2cnc3cc(Cl)c(Cl)cc3n2)nc1. The van der Waals surface area contributed by atoms with Gasteiger partial charge in [-0.2, -0.15) is 0 Å². The molecule has 2 heterocycles. The third-order valence-corrected chi connectivity index (χ3v) is 3.77. The molecule has 0 fully saturated rings. The Morgan fingerprint density at radius 1 is 0.905 bits per heavy atom. The number of benzene rings is 1. The number of rotatable bonds is 3. The lowest BCUT2D eigenvalue weighted by Gasteiger charge is -2.06. The smallest absolute Gasteiger partial charge is 0.145 e. The minimum atomic E-state index is 0.454. The predicted molar refractivity (Wildman–Crippen MR) is 86.1 cm³/mol. The van der Waals surface area contributed by atoms with Crippen LogP contribution in [0.5, 0.6) is 0 Å². The van der Waals surface area contributed by atoms with Gasteiger partial charge in [0.2, 0.25) is 0 Å². The quantitative estimate of drug-likeness (QED) is 0.758. The van der Waals surface area contributed by atoms with Crippen LogP contribution in [0.3, 0.4) is 0 Å². The van der Waals surface area contributed by atoms with E-state index in [0.29, 0.717) is 38.5 Å². The summed E-state index contributed by atoms with van der Waals surface area (Å²) in [6.07, 6.45) is 3.24. The van der Waals surface area contributed by atoms with Crippen molar-refractivity contribution in [3.8, 4) is 0 Å². The van der Waals surface area contributed by atoms with Crippen molar-refractivity contribution in [3.05, 3.63) is 57.4 Å². The Balaban J connectivity index is 1.81. The lowest BCUT2D eigenvalue weighted by molar-refractivity contribution is 1.03. The summed E-state index contributed by atoms with van der Waals surface area (Å²) in [5, 5.41) is 4.67. The minimum Gasteiger partial charge on any atom is -0.363 e. The molecule has 4 nitrogen and oxygen atoms in total. The van der Waals surface area contributed by atoms with E-state index < -0.39 is 0 Å². The van der Waals surface area contributed by atoms with E-state index in [1.165, 1.54) is 0 Å². The molecule has 0 aliphatic carbocycles. The molecule has 0 atom stereocenters. The maximum Gasteiger partial charge on any atom is 0.145 e.